The van der Waals surface area contributed by atoms with E-state index in [2.05, 4.69) is 30.5 Å². The zero-order chi connectivity index (χ0) is 23.5. The number of aromatic amines is 1. The average Bonchev–Trinajstić information content (AvgIpc) is 3.44. The molecule has 4 aromatic rings. The molecule has 1 aliphatic heterocycles. The van der Waals surface area contributed by atoms with Crippen molar-refractivity contribution >= 4 is 22.5 Å². The molecule has 1 aliphatic rings. The Bertz CT molecular complexity index is 1280. The van der Waals surface area contributed by atoms with Gasteiger partial charge in [-0.1, -0.05) is 0 Å². The van der Waals surface area contributed by atoms with Gasteiger partial charge >= 0.3 is 0 Å². The van der Waals surface area contributed by atoms with Crippen LogP contribution in [0.2, 0.25) is 0 Å². The highest BCUT2D eigenvalue weighted by Gasteiger charge is 2.22. The SMILES string of the molecule is Cc1ccc(Oc2ccc(Nc3ncnc4[nH]nc(OCCN5CCC[C@@H]5O)c34)cc2C)cn1. The Morgan fingerprint density at radius 1 is 1.18 bits per heavy atom. The summed E-state index contributed by atoms with van der Waals surface area (Å²) in [6.45, 7) is 5.83. The second kappa shape index (κ2) is 9.62. The van der Waals surface area contributed by atoms with E-state index in [4.69, 9.17) is 9.47 Å². The van der Waals surface area contributed by atoms with Crippen LogP contribution in [0.15, 0.2) is 42.9 Å². The molecule has 1 aromatic carbocycles. The number of hydrogen-bond acceptors (Lipinski definition) is 9. The van der Waals surface area contributed by atoms with Gasteiger partial charge in [-0.15, -0.1) is 5.10 Å². The third-order valence-electron chi connectivity index (χ3n) is 5.82. The van der Waals surface area contributed by atoms with Crippen molar-refractivity contribution in [2.24, 2.45) is 0 Å². The van der Waals surface area contributed by atoms with Crippen LogP contribution in [0.5, 0.6) is 17.4 Å². The maximum atomic E-state index is 9.97. The standard InChI is InChI=1S/C24H27N7O3/c1-15-12-17(6-8-19(15)34-18-7-5-16(2)25-13-18)28-22-21-23(27-14-26-22)29-30-24(21)33-11-10-31-9-3-4-20(31)32/h5-8,12-14,20,32H,3-4,9-11H2,1-2H3,(H2,26,27,28,29,30)/t20-/m0/s1. The van der Waals surface area contributed by atoms with Crippen molar-refractivity contribution in [2.45, 2.75) is 32.9 Å². The number of ether oxygens (including phenoxy) is 2. The first-order valence-electron chi connectivity index (χ1n) is 11.3. The molecule has 34 heavy (non-hydrogen) atoms. The number of rotatable bonds is 8. The van der Waals surface area contributed by atoms with Gasteiger partial charge in [-0.2, -0.15) is 0 Å². The number of H-pyrrole nitrogens is 1. The van der Waals surface area contributed by atoms with Crippen LogP contribution < -0.4 is 14.8 Å². The number of benzene rings is 1. The normalized spacial score (nSPS) is 16.1. The lowest BCUT2D eigenvalue weighted by molar-refractivity contribution is 0.0298. The molecule has 0 radical (unpaired) electrons. The smallest absolute Gasteiger partial charge is 0.246 e. The lowest BCUT2D eigenvalue weighted by atomic mass is 10.2. The number of aromatic nitrogens is 5. The van der Waals surface area contributed by atoms with E-state index in [1.165, 1.54) is 6.33 Å². The zero-order valence-corrected chi connectivity index (χ0v) is 19.2. The van der Waals surface area contributed by atoms with Crippen LogP contribution in [-0.2, 0) is 0 Å². The summed E-state index contributed by atoms with van der Waals surface area (Å²) in [6, 6.07) is 9.63. The Morgan fingerprint density at radius 2 is 2.09 bits per heavy atom. The van der Waals surface area contributed by atoms with E-state index < -0.39 is 6.23 Å². The fraction of sp³-hybridized carbons (Fsp3) is 0.333. The van der Waals surface area contributed by atoms with Crippen LogP contribution in [0.25, 0.3) is 11.0 Å². The van der Waals surface area contributed by atoms with Crippen LogP contribution >= 0.6 is 0 Å². The topological polar surface area (TPSA) is 121 Å². The van der Waals surface area contributed by atoms with Gasteiger partial charge in [0.1, 0.15) is 41.9 Å². The summed E-state index contributed by atoms with van der Waals surface area (Å²) in [5, 5.41) is 21.2. The Kier molecular flexibility index (Phi) is 6.24. The minimum Gasteiger partial charge on any atom is -0.475 e. The minimum absolute atomic E-state index is 0.391. The van der Waals surface area contributed by atoms with Gasteiger partial charge in [0.2, 0.25) is 5.88 Å². The fourth-order valence-electron chi connectivity index (χ4n) is 3.98. The molecule has 0 amide bonds. The Hall–Kier alpha value is -3.76. The maximum absolute atomic E-state index is 9.97. The molecule has 5 rings (SSSR count). The molecule has 0 spiro atoms. The van der Waals surface area contributed by atoms with E-state index in [0.29, 0.717) is 41.6 Å². The van der Waals surface area contributed by atoms with Crippen molar-refractivity contribution in [3.63, 3.8) is 0 Å². The number of anilines is 2. The van der Waals surface area contributed by atoms with Gasteiger partial charge in [-0.25, -0.2) is 9.97 Å². The lowest BCUT2D eigenvalue weighted by Crippen LogP contribution is -2.32. The van der Waals surface area contributed by atoms with Crippen molar-refractivity contribution in [2.75, 3.05) is 25.0 Å². The summed E-state index contributed by atoms with van der Waals surface area (Å²) in [4.78, 5) is 14.9. The number of aliphatic hydroxyl groups is 1. The highest BCUT2D eigenvalue weighted by Crippen LogP contribution is 2.32. The van der Waals surface area contributed by atoms with E-state index in [0.717, 1.165) is 42.1 Å². The third kappa shape index (κ3) is 4.78. The summed E-state index contributed by atoms with van der Waals surface area (Å²) < 4.78 is 11.9. The molecular weight excluding hydrogens is 434 g/mol. The van der Waals surface area contributed by atoms with Gasteiger partial charge in [-0.3, -0.25) is 15.0 Å². The van der Waals surface area contributed by atoms with E-state index >= 15 is 0 Å². The Labute approximate surface area is 197 Å². The molecule has 10 heteroatoms. The first kappa shape index (κ1) is 22.1. The van der Waals surface area contributed by atoms with Crippen LogP contribution in [0, 0.1) is 13.8 Å². The first-order chi connectivity index (χ1) is 16.6. The van der Waals surface area contributed by atoms with Crippen molar-refractivity contribution < 1.29 is 14.6 Å². The maximum Gasteiger partial charge on any atom is 0.246 e. The molecular formula is C24H27N7O3. The van der Waals surface area contributed by atoms with E-state index in [9.17, 15) is 5.11 Å². The second-order valence-electron chi connectivity index (χ2n) is 8.32. The summed E-state index contributed by atoms with van der Waals surface area (Å²) >= 11 is 0. The second-order valence-corrected chi connectivity index (χ2v) is 8.32. The number of fused-ring (bicyclic) bond motifs is 1. The van der Waals surface area contributed by atoms with Crippen molar-refractivity contribution in [1.82, 2.24) is 30.0 Å². The first-order valence-corrected chi connectivity index (χ1v) is 11.3. The van der Waals surface area contributed by atoms with Gasteiger partial charge in [0.05, 0.1) is 6.20 Å². The number of nitrogens with one attached hydrogen (secondary N) is 2. The van der Waals surface area contributed by atoms with E-state index in [1.54, 1.807) is 6.20 Å². The number of pyridine rings is 1. The fourth-order valence-corrected chi connectivity index (χ4v) is 3.98. The predicted molar refractivity (Wildman–Crippen MR) is 128 cm³/mol. The number of aryl methyl sites for hydroxylation is 2. The van der Waals surface area contributed by atoms with E-state index in [-0.39, 0.29) is 0 Å². The highest BCUT2D eigenvalue weighted by atomic mass is 16.5. The van der Waals surface area contributed by atoms with Crippen LogP contribution in [0.4, 0.5) is 11.5 Å². The quantitative estimate of drug-likeness (QED) is 0.361. The van der Waals surface area contributed by atoms with Gasteiger partial charge in [0.15, 0.2) is 5.65 Å². The largest absolute Gasteiger partial charge is 0.475 e. The molecule has 0 unspecified atom stereocenters. The molecule has 10 nitrogen and oxygen atoms in total. The van der Waals surface area contributed by atoms with Crippen LogP contribution in [0.1, 0.15) is 24.1 Å². The molecule has 176 valence electrons. The number of aliphatic hydroxyl groups excluding tert-OH is 1. The van der Waals surface area contributed by atoms with Crippen molar-refractivity contribution in [3.8, 4) is 17.4 Å². The molecule has 0 aliphatic carbocycles. The molecule has 4 heterocycles. The summed E-state index contributed by atoms with van der Waals surface area (Å²) in [5.41, 5.74) is 3.33. The van der Waals surface area contributed by atoms with Crippen LogP contribution in [0.3, 0.4) is 0 Å². The summed E-state index contributed by atoms with van der Waals surface area (Å²) in [7, 11) is 0. The highest BCUT2D eigenvalue weighted by molar-refractivity contribution is 5.92. The number of hydrogen-bond donors (Lipinski definition) is 3. The Morgan fingerprint density at radius 3 is 2.85 bits per heavy atom. The van der Waals surface area contributed by atoms with E-state index in [1.807, 2.05) is 49.1 Å². The van der Waals surface area contributed by atoms with Gasteiger partial charge < -0.3 is 19.9 Å². The third-order valence-corrected chi connectivity index (χ3v) is 5.82. The predicted octanol–water partition coefficient (Wildman–Crippen LogP) is 3.69. The molecule has 3 N–H and O–H groups in total. The minimum atomic E-state index is -0.391. The molecule has 0 bridgehead atoms. The molecule has 1 fully saturated rings. The van der Waals surface area contributed by atoms with Gasteiger partial charge in [0.25, 0.3) is 0 Å². The van der Waals surface area contributed by atoms with Gasteiger partial charge in [-0.05, 0) is 62.6 Å². The summed E-state index contributed by atoms with van der Waals surface area (Å²) in [5.74, 6) is 2.45. The summed E-state index contributed by atoms with van der Waals surface area (Å²) in [6.07, 6.45) is 4.60. The molecule has 1 atom stereocenters. The molecule has 1 saturated heterocycles. The van der Waals surface area contributed by atoms with Gasteiger partial charge in [0, 0.05) is 24.5 Å². The molecule has 0 saturated carbocycles. The number of likely N-dealkylation sites (tertiary alicyclic amines) is 1. The lowest BCUT2D eigenvalue weighted by Gasteiger charge is -2.19. The number of nitrogens with zero attached hydrogens (tertiary/aromatic N) is 5. The average molecular weight is 462 g/mol. The zero-order valence-electron chi connectivity index (χ0n) is 19.2. The van der Waals surface area contributed by atoms with Crippen LogP contribution in [-0.4, -0.2) is 61.1 Å². The Balaban J connectivity index is 1.30. The molecule has 3 aromatic heterocycles. The monoisotopic (exact) mass is 461 g/mol. The van der Waals surface area contributed by atoms with Crippen molar-refractivity contribution in [3.05, 3.63) is 54.1 Å². The van der Waals surface area contributed by atoms with Crippen molar-refractivity contribution in [1.29, 1.82) is 0 Å².